The van der Waals surface area contributed by atoms with Crippen LogP contribution in [-0.4, -0.2) is 59.4 Å². The second-order valence-corrected chi connectivity index (χ2v) is 13.5. The van der Waals surface area contributed by atoms with Gasteiger partial charge in [-0.2, -0.15) is 0 Å². The zero-order chi connectivity index (χ0) is 34.2. The predicted octanol–water partition coefficient (Wildman–Crippen LogP) is 5.39. The average Bonchev–Trinajstić information content (AvgIpc) is 3.68. The third kappa shape index (κ3) is 9.38. The molecule has 0 bridgehead atoms. The number of piperidine rings is 1. The maximum atomic E-state index is 13.7. The Balaban J connectivity index is 0.00000486. The second-order valence-electron chi connectivity index (χ2n) is 13.5. The first-order valence-electron chi connectivity index (χ1n) is 17.5. The topological polar surface area (TPSA) is 154 Å². The van der Waals surface area contributed by atoms with Crippen molar-refractivity contribution in [3.05, 3.63) is 95.9 Å². The molecule has 1 aliphatic heterocycles. The first-order valence-corrected chi connectivity index (χ1v) is 17.5. The van der Waals surface area contributed by atoms with E-state index in [0.717, 1.165) is 85.1 Å². The molecule has 0 unspecified atom stereocenters. The number of H-pyrrole nitrogens is 1. The lowest BCUT2D eigenvalue weighted by atomic mass is 9.81. The van der Waals surface area contributed by atoms with Crippen LogP contribution < -0.4 is 27.0 Å². The maximum Gasteiger partial charge on any atom is 0.251 e. The van der Waals surface area contributed by atoms with E-state index < -0.39 is 6.04 Å². The molecular formula is C39H48ClN7O3. The lowest BCUT2D eigenvalue weighted by Gasteiger charge is -2.28. The molecule has 0 spiro atoms. The monoisotopic (exact) mass is 697 g/mol. The predicted molar refractivity (Wildman–Crippen MR) is 200 cm³/mol. The number of nitrogens with zero attached hydrogens (tertiary/aromatic N) is 1. The molecule has 3 amide bonds. The Kier molecular flexibility index (Phi) is 12.8. The van der Waals surface area contributed by atoms with Gasteiger partial charge in [0.2, 0.25) is 11.8 Å². The molecule has 1 aliphatic carbocycles. The van der Waals surface area contributed by atoms with Crippen LogP contribution in [-0.2, 0) is 16.0 Å². The molecule has 7 N–H and O–H groups in total. The molecule has 2 heterocycles. The summed E-state index contributed by atoms with van der Waals surface area (Å²) >= 11 is 0. The largest absolute Gasteiger partial charge is 0.351 e. The van der Waals surface area contributed by atoms with Crippen molar-refractivity contribution in [1.29, 1.82) is 0 Å². The van der Waals surface area contributed by atoms with Crippen molar-refractivity contribution >= 4 is 35.8 Å². The van der Waals surface area contributed by atoms with Gasteiger partial charge in [0.15, 0.2) is 0 Å². The van der Waals surface area contributed by atoms with E-state index in [1.54, 1.807) is 6.33 Å². The van der Waals surface area contributed by atoms with Crippen LogP contribution in [0.4, 0.5) is 5.69 Å². The van der Waals surface area contributed by atoms with Crippen LogP contribution in [0.1, 0.15) is 60.0 Å². The Morgan fingerprint density at radius 2 is 1.60 bits per heavy atom. The van der Waals surface area contributed by atoms with Gasteiger partial charge in [-0.05, 0) is 118 Å². The summed E-state index contributed by atoms with van der Waals surface area (Å²) in [7, 11) is 0. The Labute approximate surface area is 300 Å². The molecule has 11 heteroatoms. The normalized spacial score (nSPS) is 18.4. The number of imidazole rings is 1. The molecule has 1 aromatic heterocycles. The van der Waals surface area contributed by atoms with Crippen LogP contribution in [0.5, 0.6) is 0 Å². The van der Waals surface area contributed by atoms with Crippen molar-refractivity contribution in [3.8, 4) is 22.4 Å². The number of anilines is 1. The van der Waals surface area contributed by atoms with Gasteiger partial charge in [0.05, 0.1) is 12.0 Å². The Morgan fingerprint density at radius 3 is 2.24 bits per heavy atom. The molecule has 4 aromatic rings. The summed E-state index contributed by atoms with van der Waals surface area (Å²) in [5, 5.41) is 12.6. The second kappa shape index (κ2) is 17.4. The van der Waals surface area contributed by atoms with Crippen LogP contribution in [0.2, 0.25) is 0 Å². The van der Waals surface area contributed by atoms with Gasteiger partial charge in [-0.25, -0.2) is 4.98 Å². The molecule has 264 valence electrons. The van der Waals surface area contributed by atoms with Crippen LogP contribution in [0.25, 0.3) is 22.4 Å². The molecule has 1 saturated heterocycles. The number of aromatic amines is 1. The lowest BCUT2D eigenvalue weighted by molar-refractivity contribution is -0.130. The Bertz CT molecular complexity index is 1710. The van der Waals surface area contributed by atoms with Crippen molar-refractivity contribution in [1.82, 2.24) is 25.9 Å². The Hall–Kier alpha value is -4.51. The highest BCUT2D eigenvalue weighted by Gasteiger charge is 2.29. The number of nitrogens with two attached hydrogens (primary N) is 1. The highest BCUT2D eigenvalue weighted by atomic mass is 35.5. The molecular weight excluding hydrogens is 650 g/mol. The highest BCUT2D eigenvalue weighted by Crippen LogP contribution is 2.29. The number of carbonyl (C=O) groups is 3. The van der Waals surface area contributed by atoms with Crippen molar-refractivity contribution < 1.29 is 14.4 Å². The zero-order valence-electron chi connectivity index (χ0n) is 28.5. The maximum absolute atomic E-state index is 13.7. The van der Waals surface area contributed by atoms with Crippen LogP contribution in [0.15, 0.2) is 79.3 Å². The van der Waals surface area contributed by atoms with Gasteiger partial charge in [-0.15, -0.1) is 12.4 Å². The minimum absolute atomic E-state index is 0. The number of nitrogens with one attached hydrogen (secondary N) is 5. The quantitative estimate of drug-likeness (QED) is 0.124. The molecule has 3 aromatic carbocycles. The number of aryl methyl sites for hydroxylation is 1. The molecule has 0 radical (unpaired) electrons. The summed E-state index contributed by atoms with van der Waals surface area (Å²) in [5.41, 5.74) is 12.9. The van der Waals surface area contributed by atoms with E-state index in [2.05, 4.69) is 31.2 Å². The summed E-state index contributed by atoms with van der Waals surface area (Å²) in [6.45, 7) is 4.51. The summed E-state index contributed by atoms with van der Waals surface area (Å²) in [4.78, 5) is 47.3. The highest BCUT2D eigenvalue weighted by molar-refractivity contribution is 5.98. The van der Waals surface area contributed by atoms with Crippen molar-refractivity contribution in [2.45, 2.75) is 64.0 Å². The van der Waals surface area contributed by atoms with Gasteiger partial charge in [0.1, 0.15) is 6.04 Å². The fourth-order valence-electron chi connectivity index (χ4n) is 6.95. The van der Waals surface area contributed by atoms with E-state index >= 15 is 0 Å². The molecule has 1 saturated carbocycles. The number of hydrogen-bond acceptors (Lipinski definition) is 6. The van der Waals surface area contributed by atoms with E-state index in [4.69, 9.17) is 5.73 Å². The number of benzene rings is 3. The standard InChI is InChI=1S/C39H47N7O3.ClH/c1-25-20-31(38(48)44-33-16-18-41-19-17-33)12-15-34(25)28-6-2-26(3-7-28)21-35(46-37(47)30-8-4-27(22-40)5-9-30)39(49)45-32-13-10-29(11-14-32)36-23-42-24-43-36;/h2-3,6-7,10-15,20,23-24,27,30,33,35,41H,4-5,8-9,16-19,21-22,40H2,1H3,(H,42,43)(H,44,48)(H,45,49)(H,46,47);1H/t27?,30?,35-;/m0./s1. The van der Waals surface area contributed by atoms with Gasteiger partial charge in [-0.1, -0.05) is 42.5 Å². The first-order chi connectivity index (χ1) is 23.9. The number of carbonyl (C=O) groups excluding carboxylic acids is 3. The molecule has 6 rings (SSSR count). The lowest BCUT2D eigenvalue weighted by Crippen LogP contribution is -2.48. The number of hydrogen-bond donors (Lipinski definition) is 6. The van der Waals surface area contributed by atoms with E-state index in [1.807, 2.05) is 79.9 Å². The molecule has 50 heavy (non-hydrogen) atoms. The number of halogens is 1. The minimum atomic E-state index is -0.754. The van der Waals surface area contributed by atoms with E-state index in [9.17, 15) is 14.4 Å². The minimum Gasteiger partial charge on any atom is -0.351 e. The molecule has 10 nitrogen and oxygen atoms in total. The fourth-order valence-corrected chi connectivity index (χ4v) is 6.95. The number of rotatable bonds is 11. The SMILES string of the molecule is Cc1cc(C(=O)NC2CCNCC2)ccc1-c1ccc(C[C@H](NC(=O)C2CCC(CN)CC2)C(=O)Nc2ccc(-c3c[nH]cn3)cc2)cc1.Cl. The first kappa shape index (κ1) is 36.8. The van der Waals surface area contributed by atoms with E-state index in [-0.39, 0.29) is 42.1 Å². The third-order valence-electron chi connectivity index (χ3n) is 10.00. The van der Waals surface area contributed by atoms with Gasteiger partial charge in [0.25, 0.3) is 5.91 Å². The van der Waals surface area contributed by atoms with Crippen molar-refractivity contribution in [2.24, 2.45) is 17.6 Å². The number of amides is 3. The van der Waals surface area contributed by atoms with Gasteiger partial charge in [-0.3, -0.25) is 14.4 Å². The van der Waals surface area contributed by atoms with Crippen LogP contribution in [0, 0.1) is 18.8 Å². The molecule has 2 fully saturated rings. The van der Waals surface area contributed by atoms with E-state index in [0.29, 0.717) is 30.1 Å². The van der Waals surface area contributed by atoms with Crippen LogP contribution in [0.3, 0.4) is 0 Å². The summed E-state index contributed by atoms with van der Waals surface area (Å²) in [6, 6.07) is 20.8. The van der Waals surface area contributed by atoms with Crippen molar-refractivity contribution in [3.63, 3.8) is 0 Å². The summed E-state index contributed by atoms with van der Waals surface area (Å²) < 4.78 is 0. The smallest absolute Gasteiger partial charge is 0.251 e. The molecule has 2 aliphatic rings. The average molecular weight is 698 g/mol. The summed E-state index contributed by atoms with van der Waals surface area (Å²) in [6.07, 6.45) is 9.09. The van der Waals surface area contributed by atoms with Crippen molar-refractivity contribution in [2.75, 3.05) is 25.0 Å². The van der Waals surface area contributed by atoms with E-state index in [1.165, 1.54) is 0 Å². The van der Waals surface area contributed by atoms with Crippen LogP contribution >= 0.6 is 12.4 Å². The van der Waals surface area contributed by atoms with Gasteiger partial charge < -0.3 is 32.0 Å². The zero-order valence-corrected chi connectivity index (χ0v) is 29.4. The summed E-state index contributed by atoms with van der Waals surface area (Å²) in [5.74, 6) is -0.0520. The molecule has 1 atom stereocenters. The van der Waals surface area contributed by atoms with Gasteiger partial charge >= 0.3 is 0 Å². The fraction of sp³-hybridized carbons (Fsp3) is 0.385. The van der Waals surface area contributed by atoms with Gasteiger partial charge in [0, 0.05) is 41.4 Å². The third-order valence-corrected chi connectivity index (χ3v) is 10.00. The Morgan fingerprint density at radius 1 is 0.900 bits per heavy atom. The number of aromatic nitrogens is 2.